The summed E-state index contributed by atoms with van der Waals surface area (Å²) < 4.78 is 36.6. The number of hydrogen-bond donors (Lipinski definition) is 3. The monoisotopic (exact) mass is 724 g/mol. The minimum absolute atomic E-state index is 0.0671. The molecule has 1 aliphatic heterocycles. The second kappa shape index (κ2) is 19.8. The van der Waals surface area contributed by atoms with E-state index in [4.69, 9.17) is 28.4 Å². The number of hydrogen-bond acceptors (Lipinski definition) is 12. The summed E-state index contributed by atoms with van der Waals surface area (Å²) >= 11 is 0. The van der Waals surface area contributed by atoms with Crippen LogP contribution in [0.4, 0.5) is 4.79 Å². The predicted octanol–water partition coefficient (Wildman–Crippen LogP) is 4.97. The lowest BCUT2D eigenvalue weighted by atomic mass is 9.83. The standard InChI is InChI=1S/C33H44N10O9/c1-33(2,3)52-32(46)38-22-16-23(39-42-35)28(26(45)27(22)47-15-14-44)51-31-25(40-43-36)30(49-19-21-12-8-5-9-13-21)29(24(50-31)17-37-41-34)48-18-20-10-6-4-7-11-20/h4-13,22-31,44-45H,14-19H2,1-3H3,(H,38,46)/t22-,23?,24?,25?,26-,27?,28?,29+,30-,31-/m1/s1. The second-order valence-electron chi connectivity index (χ2n) is 13.1. The maximum Gasteiger partial charge on any atom is 0.407 e. The van der Waals surface area contributed by atoms with Crippen molar-refractivity contribution in [2.75, 3.05) is 19.8 Å². The van der Waals surface area contributed by atoms with Gasteiger partial charge in [0.1, 0.15) is 36.1 Å². The zero-order chi connectivity index (χ0) is 37.5. The van der Waals surface area contributed by atoms with Crippen molar-refractivity contribution in [1.29, 1.82) is 0 Å². The molecule has 52 heavy (non-hydrogen) atoms. The van der Waals surface area contributed by atoms with Gasteiger partial charge in [0.05, 0.1) is 57.3 Å². The summed E-state index contributed by atoms with van der Waals surface area (Å²) in [6, 6.07) is 15.2. The van der Waals surface area contributed by atoms with Gasteiger partial charge >= 0.3 is 6.09 Å². The predicted molar refractivity (Wildman–Crippen MR) is 184 cm³/mol. The molecule has 0 aromatic heterocycles. The molecule has 1 aliphatic carbocycles. The van der Waals surface area contributed by atoms with Crippen LogP contribution in [0.1, 0.15) is 38.3 Å². The summed E-state index contributed by atoms with van der Waals surface area (Å²) in [6.07, 6.45) is -9.46. The van der Waals surface area contributed by atoms with Crippen molar-refractivity contribution in [2.24, 2.45) is 15.3 Å². The van der Waals surface area contributed by atoms with Crippen LogP contribution in [0.25, 0.3) is 31.3 Å². The molecule has 1 heterocycles. The molecule has 2 fully saturated rings. The molecule has 19 heteroatoms. The van der Waals surface area contributed by atoms with Gasteiger partial charge in [-0.3, -0.25) is 0 Å². The molecule has 2 aromatic rings. The molecule has 0 bridgehead atoms. The van der Waals surface area contributed by atoms with Crippen LogP contribution in [-0.2, 0) is 41.6 Å². The van der Waals surface area contributed by atoms with E-state index < -0.39 is 79.3 Å². The zero-order valence-corrected chi connectivity index (χ0v) is 29.1. The van der Waals surface area contributed by atoms with Crippen molar-refractivity contribution >= 4 is 6.09 Å². The van der Waals surface area contributed by atoms with E-state index in [1.165, 1.54) is 0 Å². The zero-order valence-electron chi connectivity index (χ0n) is 29.1. The Morgan fingerprint density at radius 3 is 2.06 bits per heavy atom. The summed E-state index contributed by atoms with van der Waals surface area (Å²) in [7, 11) is 0. The minimum Gasteiger partial charge on any atom is -0.444 e. The van der Waals surface area contributed by atoms with E-state index in [1.807, 2.05) is 60.7 Å². The molecule has 2 aromatic carbocycles. The van der Waals surface area contributed by atoms with Crippen LogP contribution in [0.3, 0.4) is 0 Å². The van der Waals surface area contributed by atoms with Gasteiger partial charge in [-0.1, -0.05) is 76.0 Å². The summed E-state index contributed by atoms with van der Waals surface area (Å²) in [6.45, 7) is 4.38. The first-order valence-electron chi connectivity index (χ1n) is 16.7. The molecule has 1 amide bonds. The number of nitrogens with zero attached hydrogens (tertiary/aromatic N) is 9. The minimum atomic E-state index is -1.59. The van der Waals surface area contributed by atoms with Crippen molar-refractivity contribution < 1.29 is 43.4 Å². The van der Waals surface area contributed by atoms with Gasteiger partial charge < -0.3 is 44.0 Å². The normalized spacial score (nSPS) is 28.7. The van der Waals surface area contributed by atoms with E-state index in [1.54, 1.807) is 20.8 Å². The van der Waals surface area contributed by atoms with E-state index in [0.29, 0.717) is 0 Å². The van der Waals surface area contributed by atoms with E-state index in [9.17, 15) is 31.6 Å². The molecule has 1 saturated carbocycles. The number of carbonyl (C=O) groups is 1. The van der Waals surface area contributed by atoms with Crippen molar-refractivity contribution in [1.82, 2.24) is 5.32 Å². The molecule has 1 saturated heterocycles. The van der Waals surface area contributed by atoms with Crippen molar-refractivity contribution in [3.8, 4) is 0 Å². The van der Waals surface area contributed by atoms with Gasteiger partial charge in [0.2, 0.25) is 0 Å². The Kier molecular flexibility index (Phi) is 15.3. The Bertz CT molecular complexity index is 1570. The Balaban J connectivity index is 1.69. The molecule has 10 atom stereocenters. The number of ether oxygens (including phenoxy) is 6. The fraction of sp³-hybridized carbons (Fsp3) is 0.606. The van der Waals surface area contributed by atoms with Crippen molar-refractivity contribution in [3.63, 3.8) is 0 Å². The molecular formula is C33H44N10O9. The molecule has 0 radical (unpaired) electrons. The smallest absolute Gasteiger partial charge is 0.407 e. The number of rotatable bonds is 16. The van der Waals surface area contributed by atoms with Crippen LogP contribution in [0.15, 0.2) is 76.0 Å². The summed E-state index contributed by atoms with van der Waals surface area (Å²) in [5, 5.41) is 35.5. The van der Waals surface area contributed by atoms with Crippen LogP contribution in [0.2, 0.25) is 0 Å². The van der Waals surface area contributed by atoms with Gasteiger partial charge in [-0.2, -0.15) is 0 Å². The summed E-state index contributed by atoms with van der Waals surface area (Å²) in [5.74, 6) is 0. The molecule has 19 nitrogen and oxygen atoms in total. The molecule has 4 rings (SSSR count). The Morgan fingerprint density at radius 2 is 1.50 bits per heavy atom. The van der Waals surface area contributed by atoms with Crippen LogP contribution in [0.5, 0.6) is 0 Å². The average Bonchev–Trinajstić information content (AvgIpc) is 3.11. The SMILES string of the molecule is CC(C)(C)OC(=O)N[C@@H]1CC(N=[N+]=[N-])C(O[C@H]2OC(CN=[N+]=[N-])[C@H](OCc3ccccc3)[C@H](OCc3ccccc3)C2N=[N+]=[N-])[C@H](O)C1OCCO. The summed E-state index contributed by atoms with van der Waals surface area (Å²) in [4.78, 5) is 21.6. The second-order valence-corrected chi connectivity index (χ2v) is 13.1. The number of azide groups is 3. The molecule has 2 aliphatic rings. The maximum atomic E-state index is 12.7. The summed E-state index contributed by atoms with van der Waals surface area (Å²) in [5.41, 5.74) is 29.3. The molecule has 3 N–H and O–H groups in total. The van der Waals surface area contributed by atoms with Gasteiger partial charge in [0.25, 0.3) is 0 Å². The lowest BCUT2D eigenvalue weighted by Crippen LogP contribution is -2.65. The first-order chi connectivity index (χ1) is 25.1. The highest BCUT2D eigenvalue weighted by Crippen LogP contribution is 2.35. The van der Waals surface area contributed by atoms with E-state index in [2.05, 4.69) is 35.4 Å². The Hall–Kier alpha value is -4.64. The highest BCUT2D eigenvalue weighted by atomic mass is 16.7. The lowest BCUT2D eigenvalue weighted by molar-refractivity contribution is -0.301. The van der Waals surface area contributed by atoms with Crippen molar-refractivity contribution in [3.05, 3.63) is 103 Å². The third-order valence-corrected chi connectivity index (χ3v) is 8.23. The molecule has 280 valence electrons. The largest absolute Gasteiger partial charge is 0.444 e. The third-order valence-electron chi connectivity index (χ3n) is 8.23. The third kappa shape index (κ3) is 11.4. The number of amides is 1. The lowest BCUT2D eigenvalue weighted by Gasteiger charge is -2.48. The topological polar surface area (TPSA) is 271 Å². The van der Waals surface area contributed by atoms with Crippen LogP contribution >= 0.6 is 0 Å². The fourth-order valence-electron chi connectivity index (χ4n) is 6.07. The van der Waals surface area contributed by atoms with Gasteiger partial charge in [0.15, 0.2) is 6.29 Å². The number of aliphatic hydroxyl groups is 2. The number of alkyl carbamates (subject to hydrolysis) is 1. The van der Waals surface area contributed by atoms with E-state index in [-0.39, 0.29) is 32.8 Å². The number of aliphatic hydroxyl groups excluding tert-OH is 2. The maximum absolute atomic E-state index is 12.7. The quantitative estimate of drug-likeness (QED) is 0.120. The molecule has 5 unspecified atom stereocenters. The number of benzene rings is 2. The van der Waals surface area contributed by atoms with Gasteiger partial charge in [-0.25, -0.2) is 4.79 Å². The Labute approximate surface area is 300 Å². The van der Waals surface area contributed by atoms with E-state index in [0.717, 1.165) is 11.1 Å². The first kappa shape index (κ1) is 40.1. The van der Waals surface area contributed by atoms with Gasteiger partial charge in [0, 0.05) is 14.7 Å². The number of nitrogens with one attached hydrogen (secondary N) is 1. The van der Waals surface area contributed by atoms with Gasteiger partial charge in [-0.05, 0) is 54.9 Å². The van der Waals surface area contributed by atoms with Crippen LogP contribution < -0.4 is 5.32 Å². The number of carbonyl (C=O) groups excluding carboxylic acids is 1. The molecule has 0 spiro atoms. The van der Waals surface area contributed by atoms with Crippen LogP contribution in [0, 0.1) is 0 Å². The van der Waals surface area contributed by atoms with E-state index >= 15 is 0 Å². The highest BCUT2D eigenvalue weighted by Gasteiger charge is 2.52. The molecular weight excluding hydrogens is 680 g/mol. The van der Waals surface area contributed by atoms with Crippen LogP contribution in [-0.4, -0.2) is 103 Å². The van der Waals surface area contributed by atoms with Crippen molar-refractivity contribution in [2.45, 2.75) is 107 Å². The Morgan fingerprint density at radius 1 is 0.885 bits per heavy atom. The van der Waals surface area contributed by atoms with Gasteiger partial charge in [-0.15, -0.1) is 0 Å². The average molecular weight is 725 g/mol. The fourth-order valence-corrected chi connectivity index (χ4v) is 6.07. The highest BCUT2D eigenvalue weighted by molar-refractivity contribution is 5.68. The first-order valence-corrected chi connectivity index (χ1v) is 16.7.